The molecule has 0 saturated heterocycles. The topological polar surface area (TPSA) is 0 Å². The van der Waals surface area contributed by atoms with Crippen molar-refractivity contribution in [1.82, 2.24) is 0 Å². The van der Waals surface area contributed by atoms with E-state index in [-0.39, 0.29) is 0 Å². The van der Waals surface area contributed by atoms with Gasteiger partial charge in [-0.1, -0.05) is 40.5 Å². The van der Waals surface area contributed by atoms with E-state index < -0.39 is 0 Å². The van der Waals surface area contributed by atoms with E-state index >= 15 is 0 Å². The third-order valence-electron chi connectivity index (χ3n) is 1.96. The standard InChI is InChI=1S/C9H19/c1-5-7-8-9(3,4)6-2/h6H,5,7-8H2,1-4H3. The first-order valence-corrected chi connectivity index (χ1v) is 3.93. The fourth-order valence-corrected chi connectivity index (χ4v) is 0.777. The third kappa shape index (κ3) is 4.50. The molecule has 0 heterocycles. The molecule has 0 fully saturated rings. The molecule has 0 heteroatoms. The summed E-state index contributed by atoms with van der Waals surface area (Å²) in [5.74, 6) is 0. The first-order chi connectivity index (χ1) is 4.12. The van der Waals surface area contributed by atoms with Crippen molar-refractivity contribution in [2.24, 2.45) is 5.41 Å². The minimum Gasteiger partial charge on any atom is -0.0654 e. The molecule has 0 aliphatic rings. The Morgan fingerprint density at radius 1 is 1.33 bits per heavy atom. The molecule has 0 aliphatic carbocycles. The molecule has 0 aromatic heterocycles. The van der Waals surface area contributed by atoms with Crippen LogP contribution in [0, 0.1) is 11.8 Å². The molecule has 0 aromatic carbocycles. The molecular weight excluding hydrogens is 108 g/mol. The molecule has 0 rings (SSSR count). The first kappa shape index (κ1) is 9.00. The lowest BCUT2D eigenvalue weighted by molar-refractivity contribution is 0.385. The molecule has 0 spiro atoms. The monoisotopic (exact) mass is 127 g/mol. The summed E-state index contributed by atoms with van der Waals surface area (Å²) < 4.78 is 0. The highest BCUT2D eigenvalue weighted by atomic mass is 14.2. The van der Waals surface area contributed by atoms with Gasteiger partial charge in [0.05, 0.1) is 0 Å². The quantitative estimate of drug-likeness (QED) is 0.542. The Bertz CT molecular complexity index is 62.4. The summed E-state index contributed by atoms with van der Waals surface area (Å²) in [7, 11) is 0. The molecule has 0 N–H and O–H groups in total. The predicted molar refractivity (Wildman–Crippen MR) is 43.3 cm³/mol. The summed E-state index contributed by atoms with van der Waals surface area (Å²) in [6, 6.07) is 0. The molecule has 0 saturated carbocycles. The van der Waals surface area contributed by atoms with E-state index in [1.807, 2.05) is 0 Å². The highest BCUT2D eigenvalue weighted by Gasteiger charge is 2.13. The average Bonchev–Trinajstić information content (AvgIpc) is 1.84. The van der Waals surface area contributed by atoms with Crippen LogP contribution in [0.25, 0.3) is 0 Å². The SMILES string of the molecule is C[CH]C(C)(C)CCCC. The molecule has 0 aromatic rings. The molecule has 0 bridgehead atoms. The average molecular weight is 127 g/mol. The van der Waals surface area contributed by atoms with Gasteiger partial charge in [0.25, 0.3) is 0 Å². The van der Waals surface area contributed by atoms with Crippen molar-refractivity contribution >= 4 is 0 Å². The summed E-state index contributed by atoms with van der Waals surface area (Å²) in [5.41, 5.74) is 0.468. The van der Waals surface area contributed by atoms with Gasteiger partial charge in [0.15, 0.2) is 0 Å². The molecule has 0 nitrogen and oxygen atoms in total. The van der Waals surface area contributed by atoms with Crippen molar-refractivity contribution in [3.05, 3.63) is 6.42 Å². The Kier molecular flexibility index (Phi) is 3.92. The van der Waals surface area contributed by atoms with Crippen LogP contribution in [0.4, 0.5) is 0 Å². The largest absolute Gasteiger partial charge is 0.0654 e. The second-order valence-corrected chi connectivity index (χ2v) is 3.38. The zero-order chi connectivity index (χ0) is 7.33. The van der Waals surface area contributed by atoms with Crippen LogP contribution in [-0.4, -0.2) is 0 Å². The smallest absolute Gasteiger partial charge is 0.0326 e. The van der Waals surface area contributed by atoms with Gasteiger partial charge in [0.1, 0.15) is 0 Å². The van der Waals surface area contributed by atoms with E-state index in [4.69, 9.17) is 0 Å². The van der Waals surface area contributed by atoms with Gasteiger partial charge >= 0.3 is 0 Å². The van der Waals surface area contributed by atoms with Crippen molar-refractivity contribution in [2.45, 2.75) is 47.0 Å². The molecular formula is C9H19. The Hall–Kier alpha value is 0. The molecule has 55 valence electrons. The molecule has 1 radical (unpaired) electrons. The van der Waals surface area contributed by atoms with Crippen LogP contribution in [0.1, 0.15) is 47.0 Å². The lowest BCUT2D eigenvalue weighted by Crippen LogP contribution is -2.09. The van der Waals surface area contributed by atoms with E-state index in [9.17, 15) is 0 Å². The number of hydrogen-bond donors (Lipinski definition) is 0. The van der Waals surface area contributed by atoms with Crippen LogP contribution in [-0.2, 0) is 0 Å². The zero-order valence-corrected chi connectivity index (χ0v) is 7.20. The van der Waals surface area contributed by atoms with Gasteiger partial charge in [0.2, 0.25) is 0 Å². The first-order valence-electron chi connectivity index (χ1n) is 3.93. The number of hydrogen-bond acceptors (Lipinski definition) is 0. The summed E-state index contributed by atoms with van der Waals surface area (Å²) in [4.78, 5) is 0. The Labute approximate surface area is 59.7 Å². The number of rotatable bonds is 4. The normalized spacial score (nSPS) is 12.0. The highest BCUT2D eigenvalue weighted by molar-refractivity contribution is 4.79. The van der Waals surface area contributed by atoms with Crippen LogP contribution < -0.4 is 0 Å². The Balaban J connectivity index is 3.33. The van der Waals surface area contributed by atoms with E-state index in [0.717, 1.165) is 0 Å². The second-order valence-electron chi connectivity index (χ2n) is 3.38. The van der Waals surface area contributed by atoms with Crippen LogP contribution in [0.3, 0.4) is 0 Å². The summed E-state index contributed by atoms with van der Waals surface area (Å²) in [6.45, 7) is 8.98. The van der Waals surface area contributed by atoms with Crippen molar-refractivity contribution < 1.29 is 0 Å². The minimum atomic E-state index is 0.468. The molecule has 0 atom stereocenters. The lowest BCUT2D eigenvalue weighted by Gasteiger charge is -2.21. The van der Waals surface area contributed by atoms with Crippen LogP contribution in [0.5, 0.6) is 0 Å². The van der Waals surface area contributed by atoms with Gasteiger partial charge in [-0.15, -0.1) is 0 Å². The Morgan fingerprint density at radius 2 is 1.89 bits per heavy atom. The lowest BCUT2D eigenvalue weighted by atomic mass is 9.85. The van der Waals surface area contributed by atoms with Crippen LogP contribution >= 0.6 is 0 Å². The van der Waals surface area contributed by atoms with E-state index in [0.29, 0.717) is 5.41 Å². The highest BCUT2D eigenvalue weighted by Crippen LogP contribution is 2.25. The fraction of sp³-hybridized carbons (Fsp3) is 0.889. The summed E-state index contributed by atoms with van der Waals surface area (Å²) in [6.07, 6.45) is 6.30. The van der Waals surface area contributed by atoms with E-state index in [2.05, 4.69) is 34.1 Å². The second kappa shape index (κ2) is 3.92. The third-order valence-corrected chi connectivity index (χ3v) is 1.96. The minimum absolute atomic E-state index is 0.468. The number of unbranched alkanes of at least 4 members (excludes halogenated alkanes) is 1. The van der Waals surface area contributed by atoms with Gasteiger partial charge < -0.3 is 0 Å². The summed E-state index contributed by atoms with van der Waals surface area (Å²) >= 11 is 0. The maximum Gasteiger partial charge on any atom is -0.0326 e. The van der Waals surface area contributed by atoms with Gasteiger partial charge in [-0.3, -0.25) is 0 Å². The van der Waals surface area contributed by atoms with Crippen molar-refractivity contribution in [2.75, 3.05) is 0 Å². The molecule has 0 aliphatic heterocycles. The van der Waals surface area contributed by atoms with Gasteiger partial charge in [0, 0.05) is 0 Å². The van der Waals surface area contributed by atoms with Gasteiger partial charge in [-0.05, 0) is 18.3 Å². The fourth-order valence-electron chi connectivity index (χ4n) is 0.777. The molecule has 0 amide bonds. The maximum absolute atomic E-state index is 2.29. The zero-order valence-electron chi connectivity index (χ0n) is 7.20. The van der Waals surface area contributed by atoms with Crippen molar-refractivity contribution in [3.63, 3.8) is 0 Å². The van der Waals surface area contributed by atoms with Crippen LogP contribution in [0.15, 0.2) is 0 Å². The Morgan fingerprint density at radius 3 is 2.22 bits per heavy atom. The van der Waals surface area contributed by atoms with E-state index in [1.165, 1.54) is 19.3 Å². The van der Waals surface area contributed by atoms with Crippen molar-refractivity contribution in [3.8, 4) is 0 Å². The predicted octanol–water partition coefficient (Wildman–Crippen LogP) is 3.43. The molecule has 9 heavy (non-hydrogen) atoms. The van der Waals surface area contributed by atoms with Gasteiger partial charge in [-0.25, -0.2) is 0 Å². The van der Waals surface area contributed by atoms with E-state index in [1.54, 1.807) is 0 Å². The summed E-state index contributed by atoms with van der Waals surface area (Å²) in [5, 5.41) is 0. The van der Waals surface area contributed by atoms with Crippen molar-refractivity contribution in [1.29, 1.82) is 0 Å². The van der Waals surface area contributed by atoms with Gasteiger partial charge in [-0.2, -0.15) is 0 Å². The van der Waals surface area contributed by atoms with Crippen LogP contribution in [0.2, 0.25) is 0 Å². The maximum atomic E-state index is 2.29. The molecule has 0 unspecified atom stereocenters.